The van der Waals surface area contributed by atoms with Crippen molar-refractivity contribution in [2.75, 3.05) is 0 Å². The van der Waals surface area contributed by atoms with Gasteiger partial charge in [-0.25, -0.2) is 9.37 Å². The zero-order valence-corrected chi connectivity index (χ0v) is 12.4. The number of hydrogen-bond acceptors (Lipinski definition) is 2. The molecule has 0 fully saturated rings. The molecule has 2 N–H and O–H groups in total. The van der Waals surface area contributed by atoms with E-state index < -0.39 is 0 Å². The number of imidazole rings is 1. The topological polar surface area (TPSA) is 57.8 Å². The van der Waals surface area contributed by atoms with Crippen LogP contribution in [0.4, 0.5) is 4.39 Å². The highest BCUT2D eigenvalue weighted by Gasteiger charge is 2.09. The quantitative estimate of drug-likeness (QED) is 0.777. The summed E-state index contributed by atoms with van der Waals surface area (Å²) in [7, 11) is 0. The molecule has 5 heteroatoms. The van der Waals surface area contributed by atoms with Gasteiger partial charge >= 0.3 is 0 Å². The van der Waals surface area contributed by atoms with Crippen LogP contribution in [0.3, 0.4) is 0 Å². The van der Waals surface area contributed by atoms with E-state index in [1.54, 1.807) is 18.2 Å². The fourth-order valence-corrected chi connectivity index (χ4v) is 2.24. The van der Waals surface area contributed by atoms with Crippen molar-refractivity contribution in [1.82, 2.24) is 15.3 Å². The molecule has 0 bridgehead atoms. The molecule has 0 saturated heterocycles. The standard InChI is InChI=1S/C17H16FN3O/c1-10(2)19-17(22)12-5-3-11(4-6-12)16-20-14-8-7-13(18)9-15(14)21-16/h3-10H,1-2H3,(H,19,22)(H,20,21). The Kier molecular flexibility index (Phi) is 3.63. The molecule has 22 heavy (non-hydrogen) atoms. The van der Waals surface area contributed by atoms with Gasteiger partial charge in [0, 0.05) is 17.2 Å². The maximum atomic E-state index is 13.2. The zero-order chi connectivity index (χ0) is 15.7. The summed E-state index contributed by atoms with van der Waals surface area (Å²) in [6.45, 7) is 3.83. The minimum absolute atomic E-state index is 0.0949. The normalized spacial score (nSPS) is 11.1. The van der Waals surface area contributed by atoms with Crippen molar-refractivity contribution in [3.8, 4) is 11.4 Å². The number of aromatic nitrogens is 2. The van der Waals surface area contributed by atoms with Crippen molar-refractivity contribution in [3.63, 3.8) is 0 Å². The Morgan fingerprint density at radius 2 is 1.91 bits per heavy atom. The molecule has 0 atom stereocenters. The maximum Gasteiger partial charge on any atom is 0.251 e. The minimum atomic E-state index is -0.302. The van der Waals surface area contributed by atoms with Crippen LogP contribution in [0.1, 0.15) is 24.2 Å². The van der Waals surface area contributed by atoms with Gasteiger partial charge in [-0.3, -0.25) is 4.79 Å². The molecule has 1 aromatic heterocycles. The van der Waals surface area contributed by atoms with Crippen molar-refractivity contribution >= 4 is 16.9 Å². The molecule has 0 saturated carbocycles. The van der Waals surface area contributed by atoms with Gasteiger partial charge in [0.1, 0.15) is 11.6 Å². The van der Waals surface area contributed by atoms with Gasteiger partial charge in [0.2, 0.25) is 0 Å². The molecule has 0 spiro atoms. The zero-order valence-electron chi connectivity index (χ0n) is 12.4. The fourth-order valence-electron chi connectivity index (χ4n) is 2.24. The molecule has 0 aliphatic heterocycles. The number of nitrogens with one attached hydrogen (secondary N) is 2. The van der Waals surface area contributed by atoms with Crippen LogP contribution in [-0.4, -0.2) is 21.9 Å². The summed E-state index contributed by atoms with van der Waals surface area (Å²) in [6.07, 6.45) is 0. The Labute approximate surface area is 127 Å². The predicted octanol–water partition coefficient (Wildman–Crippen LogP) is 3.51. The van der Waals surface area contributed by atoms with Crippen molar-refractivity contribution in [2.24, 2.45) is 0 Å². The van der Waals surface area contributed by atoms with Gasteiger partial charge in [-0.15, -0.1) is 0 Å². The lowest BCUT2D eigenvalue weighted by Gasteiger charge is -2.08. The lowest BCUT2D eigenvalue weighted by atomic mass is 10.1. The average Bonchev–Trinajstić information content (AvgIpc) is 2.89. The van der Waals surface area contributed by atoms with E-state index in [4.69, 9.17) is 0 Å². The number of hydrogen-bond donors (Lipinski definition) is 2. The summed E-state index contributed by atoms with van der Waals surface area (Å²) in [6, 6.07) is 11.7. The maximum absolute atomic E-state index is 13.2. The van der Waals surface area contributed by atoms with Crippen LogP contribution in [0.25, 0.3) is 22.4 Å². The van der Waals surface area contributed by atoms with Crippen LogP contribution < -0.4 is 5.32 Å². The largest absolute Gasteiger partial charge is 0.350 e. The van der Waals surface area contributed by atoms with Crippen molar-refractivity contribution < 1.29 is 9.18 Å². The number of amides is 1. The molecule has 1 amide bonds. The molecule has 0 aliphatic carbocycles. The first-order chi connectivity index (χ1) is 10.5. The van der Waals surface area contributed by atoms with Gasteiger partial charge in [0.05, 0.1) is 11.0 Å². The molecule has 2 aromatic carbocycles. The Morgan fingerprint density at radius 3 is 2.59 bits per heavy atom. The molecule has 3 aromatic rings. The summed E-state index contributed by atoms with van der Waals surface area (Å²) in [5.41, 5.74) is 2.80. The third-order valence-corrected chi connectivity index (χ3v) is 3.28. The summed E-state index contributed by atoms with van der Waals surface area (Å²) < 4.78 is 13.2. The van der Waals surface area contributed by atoms with Crippen LogP contribution >= 0.6 is 0 Å². The van der Waals surface area contributed by atoms with E-state index in [0.29, 0.717) is 22.4 Å². The van der Waals surface area contributed by atoms with Crippen molar-refractivity contribution in [2.45, 2.75) is 19.9 Å². The Balaban J connectivity index is 1.89. The second kappa shape index (κ2) is 5.60. The predicted molar refractivity (Wildman–Crippen MR) is 84.1 cm³/mol. The number of benzene rings is 2. The third-order valence-electron chi connectivity index (χ3n) is 3.28. The number of rotatable bonds is 3. The monoisotopic (exact) mass is 297 g/mol. The third kappa shape index (κ3) is 2.83. The van der Waals surface area contributed by atoms with Crippen LogP contribution in [0.15, 0.2) is 42.5 Å². The fraction of sp³-hybridized carbons (Fsp3) is 0.176. The number of nitrogens with zero attached hydrogens (tertiary/aromatic N) is 1. The summed E-state index contributed by atoms with van der Waals surface area (Å²) in [5.74, 6) is 0.244. The summed E-state index contributed by atoms with van der Waals surface area (Å²) in [4.78, 5) is 19.4. The lowest BCUT2D eigenvalue weighted by Crippen LogP contribution is -2.29. The van der Waals surface area contributed by atoms with Gasteiger partial charge in [-0.2, -0.15) is 0 Å². The lowest BCUT2D eigenvalue weighted by molar-refractivity contribution is 0.0943. The number of halogens is 1. The molecule has 4 nitrogen and oxygen atoms in total. The molecule has 0 aliphatic rings. The minimum Gasteiger partial charge on any atom is -0.350 e. The van der Waals surface area contributed by atoms with Crippen molar-refractivity contribution in [1.29, 1.82) is 0 Å². The molecule has 0 unspecified atom stereocenters. The summed E-state index contributed by atoms with van der Waals surface area (Å²) >= 11 is 0. The number of carbonyl (C=O) groups excluding carboxylic acids is 1. The van der Waals surface area contributed by atoms with Gasteiger partial charge in [0.25, 0.3) is 5.91 Å². The first kappa shape index (κ1) is 14.3. The van der Waals surface area contributed by atoms with Gasteiger partial charge in [-0.1, -0.05) is 12.1 Å². The molecule has 3 rings (SSSR count). The van der Waals surface area contributed by atoms with Gasteiger partial charge < -0.3 is 10.3 Å². The molecular weight excluding hydrogens is 281 g/mol. The highest BCUT2D eigenvalue weighted by Crippen LogP contribution is 2.21. The average molecular weight is 297 g/mol. The number of H-pyrrole nitrogens is 1. The smallest absolute Gasteiger partial charge is 0.251 e. The van der Waals surface area contributed by atoms with Crippen molar-refractivity contribution in [3.05, 3.63) is 53.8 Å². The molecule has 1 heterocycles. The van der Waals surface area contributed by atoms with Crippen LogP contribution in [0.5, 0.6) is 0 Å². The highest BCUT2D eigenvalue weighted by molar-refractivity contribution is 5.94. The first-order valence-corrected chi connectivity index (χ1v) is 7.09. The highest BCUT2D eigenvalue weighted by atomic mass is 19.1. The second-order valence-corrected chi connectivity index (χ2v) is 5.45. The van der Waals surface area contributed by atoms with Gasteiger partial charge in [-0.05, 0) is 44.2 Å². The Bertz CT molecular complexity index is 822. The van der Waals surface area contributed by atoms with E-state index in [1.165, 1.54) is 12.1 Å². The van der Waals surface area contributed by atoms with E-state index >= 15 is 0 Å². The van der Waals surface area contributed by atoms with E-state index in [2.05, 4.69) is 15.3 Å². The molecule has 0 radical (unpaired) electrons. The second-order valence-electron chi connectivity index (χ2n) is 5.45. The first-order valence-electron chi connectivity index (χ1n) is 7.09. The van der Waals surface area contributed by atoms with Crippen LogP contribution in [0.2, 0.25) is 0 Å². The van der Waals surface area contributed by atoms with Gasteiger partial charge in [0.15, 0.2) is 0 Å². The van der Waals surface area contributed by atoms with E-state index in [0.717, 1.165) is 5.56 Å². The van der Waals surface area contributed by atoms with E-state index in [9.17, 15) is 9.18 Å². The number of aromatic amines is 1. The van der Waals surface area contributed by atoms with E-state index in [1.807, 2.05) is 26.0 Å². The summed E-state index contributed by atoms with van der Waals surface area (Å²) in [5, 5.41) is 2.84. The SMILES string of the molecule is CC(C)NC(=O)c1ccc(-c2nc3ccc(F)cc3[nH]2)cc1. The van der Waals surface area contributed by atoms with E-state index in [-0.39, 0.29) is 17.8 Å². The van der Waals surface area contributed by atoms with Crippen LogP contribution in [0, 0.1) is 5.82 Å². The Hall–Kier alpha value is -2.69. The number of carbonyl (C=O) groups is 1. The number of fused-ring (bicyclic) bond motifs is 1. The Morgan fingerprint density at radius 1 is 1.18 bits per heavy atom. The van der Waals surface area contributed by atoms with Crippen LogP contribution in [-0.2, 0) is 0 Å². The molecule has 112 valence electrons. The molecular formula is C17H16FN3O.